The molecule has 0 bridgehead atoms. The molecule has 0 spiro atoms. The van der Waals surface area contributed by atoms with Crippen LogP contribution in [-0.2, 0) is 6.42 Å². The summed E-state index contributed by atoms with van der Waals surface area (Å²) in [6.45, 7) is 2.48. The quantitative estimate of drug-likeness (QED) is 0.378. The molecule has 3 N–H and O–H groups in total. The molecular formula is C15H17N3O2. The van der Waals surface area contributed by atoms with Crippen LogP contribution in [0.15, 0.2) is 47.8 Å². The summed E-state index contributed by atoms with van der Waals surface area (Å²) in [5.41, 5.74) is 8.18. The first-order valence-electron chi connectivity index (χ1n) is 6.32. The highest BCUT2D eigenvalue weighted by Gasteiger charge is 2.05. The van der Waals surface area contributed by atoms with Gasteiger partial charge in [-0.05, 0) is 30.7 Å². The molecule has 1 aromatic heterocycles. The maximum Gasteiger partial charge on any atom is 0.170 e. The van der Waals surface area contributed by atoms with E-state index in [1.165, 1.54) is 0 Å². The van der Waals surface area contributed by atoms with Crippen molar-refractivity contribution in [3.05, 3.63) is 59.4 Å². The first-order chi connectivity index (χ1) is 9.70. The van der Waals surface area contributed by atoms with Gasteiger partial charge in [-0.15, -0.1) is 0 Å². The van der Waals surface area contributed by atoms with E-state index in [-0.39, 0.29) is 5.84 Å². The van der Waals surface area contributed by atoms with Crippen LogP contribution in [0.2, 0.25) is 0 Å². The molecule has 104 valence electrons. The molecule has 0 atom stereocenters. The zero-order valence-electron chi connectivity index (χ0n) is 11.3. The van der Waals surface area contributed by atoms with E-state index in [4.69, 9.17) is 15.7 Å². The molecule has 20 heavy (non-hydrogen) atoms. The van der Waals surface area contributed by atoms with Crippen molar-refractivity contribution in [2.24, 2.45) is 10.9 Å². The van der Waals surface area contributed by atoms with Gasteiger partial charge < -0.3 is 15.7 Å². The lowest BCUT2D eigenvalue weighted by atomic mass is 10.1. The summed E-state index contributed by atoms with van der Waals surface area (Å²) in [6.07, 6.45) is 2.49. The predicted molar refractivity (Wildman–Crippen MR) is 77.1 cm³/mol. The summed E-state index contributed by atoms with van der Waals surface area (Å²) in [7, 11) is 0. The Morgan fingerprint density at radius 2 is 2.20 bits per heavy atom. The minimum absolute atomic E-state index is 0.0691. The third-order valence-electron chi connectivity index (χ3n) is 2.93. The van der Waals surface area contributed by atoms with E-state index in [1.54, 1.807) is 18.3 Å². The van der Waals surface area contributed by atoms with Gasteiger partial charge in [0.25, 0.3) is 0 Å². The van der Waals surface area contributed by atoms with E-state index in [1.807, 2.05) is 31.2 Å². The average Bonchev–Trinajstić information content (AvgIpc) is 2.49. The van der Waals surface area contributed by atoms with Gasteiger partial charge in [0.15, 0.2) is 5.84 Å². The number of oxime groups is 1. The maximum absolute atomic E-state index is 8.69. The number of aryl methyl sites for hydroxylation is 1. The van der Waals surface area contributed by atoms with Gasteiger partial charge in [-0.3, -0.25) is 4.98 Å². The van der Waals surface area contributed by atoms with Crippen molar-refractivity contribution in [3.8, 4) is 5.75 Å². The lowest BCUT2D eigenvalue weighted by molar-refractivity contribution is 0.316. The summed E-state index contributed by atoms with van der Waals surface area (Å²) in [4.78, 5) is 4.24. The average molecular weight is 271 g/mol. The zero-order valence-corrected chi connectivity index (χ0v) is 11.3. The summed E-state index contributed by atoms with van der Waals surface area (Å²) in [6, 6.07) is 11.2. The number of hydrogen-bond acceptors (Lipinski definition) is 4. The van der Waals surface area contributed by atoms with Crippen molar-refractivity contribution in [1.29, 1.82) is 0 Å². The maximum atomic E-state index is 8.69. The molecule has 0 unspecified atom stereocenters. The highest BCUT2D eigenvalue weighted by atomic mass is 16.5. The minimum atomic E-state index is 0.0691. The normalized spacial score (nSPS) is 11.3. The zero-order chi connectivity index (χ0) is 14.4. The summed E-state index contributed by atoms with van der Waals surface area (Å²) < 4.78 is 5.74. The van der Waals surface area contributed by atoms with Crippen molar-refractivity contribution >= 4 is 5.84 Å². The number of nitrogens with zero attached hydrogens (tertiary/aromatic N) is 2. The molecular weight excluding hydrogens is 254 g/mol. The summed E-state index contributed by atoms with van der Waals surface area (Å²) in [5.74, 6) is 0.796. The molecule has 0 aliphatic carbocycles. The van der Waals surface area contributed by atoms with Crippen LogP contribution in [0.4, 0.5) is 0 Å². The van der Waals surface area contributed by atoms with Gasteiger partial charge >= 0.3 is 0 Å². The molecule has 0 fully saturated rings. The molecule has 0 aliphatic heterocycles. The van der Waals surface area contributed by atoms with Gasteiger partial charge in [-0.1, -0.05) is 23.4 Å². The Morgan fingerprint density at radius 3 is 2.90 bits per heavy atom. The molecule has 2 rings (SSSR count). The summed E-state index contributed by atoms with van der Waals surface area (Å²) in [5, 5.41) is 11.7. The number of ether oxygens (including phenoxy) is 1. The molecule has 5 nitrogen and oxygen atoms in total. The highest BCUT2D eigenvalue weighted by molar-refractivity contribution is 5.97. The number of rotatable bonds is 5. The second kappa shape index (κ2) is 6.56. The predicted octanol–water partition coefficient (Wildman–Crippen LogP) is 2.11. The fourth-order valence-electron chi connectivity index (χ4n) is 1.78. The van der Waals surface area contributed by atoms with Crippen LogP contribution in [0.5, 0.6) is 5.75 Å². The van der Waals surface area contributed by atoms with Crippen molar-refractivity contribution in [1.82, 2.24) is 4.98 Å². The molecule has 5 heteroatoms. The monoisotopic (exact) mass is 271 g/mol. The second-order valence-electron chi connectivity index (χ2n) is 4.39. The summed E-state index contributed by atoms with van der Waals surface area (Å²) >= 11 is 0. The Morgan fingerprint density at radius 1 is 1.35 bits per heavy atom. The molecule has 1 aromatic carbocycles. The van der Waals surface area contributed by atoms with Crippen LogP contribution in [-0.4, -0.2) is 22.6 Å². The first-order valence-corrected chi connectivity index (χ1v) is 6.32. The smallest absolute Gasteiger partial charge is 0.170 e. The number of benzene rings is 1. The van der Waals surface area contributed by atoms with Crippen molar-refractivity contribution in [2.45, 2.75) is 13.3 Å². The van der Waals surface area contributed by atoms with E-state index in [0.717, 1.165) is 23.4 Å². The third kappa shape index (κ3) is 3.47. The van der Waals surface area contributed by atoms with Crippen LogP contribution in [0.3, 0.4) is 0 Å². The van der Waals surface area contributed by atoms with Gasteiger partial charge in [0.1, 0.15) is 5.75 Å². The molecule has 0 aliphatic rings. The molecule has 0 radical (unpaired) electrons. The van der Waals surface area contributed by atoms with Gasteiger partial charge in [0, 0.05) is 23.9 Å². The first kappa shape index (κ1) is 13.9. The van der Waals surface area contributed by atoms with E-state index >= 15 is 0 Å². The Bertz CT molecular complexity index is 597. The lowest BCUT2D eigenvalue weighted by Gasteiger charge is -2.10. The van der Waals surface area contributed by atoms with Crippen LogP contribution in [0.1, 0.15) is 16.8 Å². The van der Waals surface area contributed by atoms with E-state index in [9.17, 15) is 0 Å². The van der Waals surface area contributed by atoms with Gasteiger partial charge in [-0.2, -0.15) is 0 Å². The van der Waals surface area contributed by atoms with E-state index in [0.29, 0.717) is 12.2 Å². The number of aromatic nitrogens is 1. The van der Waals surface area contributed by atoms with Crippen LogP contribution >= 0.6 is 0 Å². The van der Waals surface area contributed by atoms with Crippen LogP contribution < -0.4 is 10.5 Å². The fourth-order valence-corrected chi connectivity index (χ4v) is 1.78. The standard InChI is InChI=1S/C15H17N3O2/c1-11-5-6-12(15(16)18-19)10-14(11)20-9-7-13-4-2-3-8-17-13/h2-6,8,10,19H,7,9H2,1H3,(H2,16,18). The Hall–Kier alpha value is -2.56. The highest BCUT2D eigenvalue weighted by Crippen LogP contribution is 2.19. The number of hydrogen-bond donors (Lipinski definition) is 2. The van der Waals surface area contributed by atoms with Crippen molar-refractivity contribution in [2.75, 3.05) is 6.61 Å². The van der Waals surface area contributed by atoms with Crippen molar-refractivity contribution in [3.63, 3.8) is 0 Å². The lowest BCUT2D eigenvalue weighted by Crippen LogP contribution is -2.13. The number of pyridine rings is 1. The Labute approximate surface area is 117 Å². The number of nitrogens with two attached hydrogens (primary N) is 1. The largest absolute Gasteiger partial charge is 0.493 e. The number of amidine groups is 1. The third-order valence-corrected chi connectivity index (χ3v) is 2.93. The van der Waals surface area contributed by atoms with E-state index in [2.05, 4.69) is 10.1 Å². The molecule has 0 saturated heterocycles. The van der Waals surface area contributed by atoms with Crippen LogP contribution in [0, 0.1) is 6.92 Å². The van der Waals surface area contributed by atoms with Crippen LogP contribution in [0.25, 0.3) is 0 Å². The Kier molecular flexibility index (Phi) is 4.55. The van der Waals surface area contributed by atoms with Gasteiger partial charge in [-0.25, -0.2) is 0 Å². The van der Waals surface area contributed by atoms with Gasteiger partial charge in [0.2, 0.25) is 0 Å². The van der Waals surface area contributed by atoms with Gasteiger partial charge in [0.05, 0.1) is 6.61 Å². The molecule has 2 aromatic rings. The SMILES string of the molecule is Cc1ccc(/C(N)=N/O)cc1OCCc1ccccn1. The van der Waals surface area contributed by atoms with Crippen molar-refractivity contribution < 1.29 is 9.94 Å². The minimum Gasteiger partial charge on any atom is -0.493 e. The Balaban J connectivity index is 2.02. The van der Waals surface area contributed by atoms with E-state index < -0.39 is 0 Å². The molecule has 1 heterocycles. The molecule has 0 saturated carbocycles. The molecule has 0 amide bonds. The topological polar surface area (TPSA) is 80.7 Å². The second-order valence-corrected chi connectivity index (χ2v) is 4.39. The fraction of sp³-hybridized carbons (Fsp3) is 0.200.